The lowest BCUT2D eigenvalue weighted by Gasteiger charge is -2.37. The van der Waals surface area contributed by atoms with Gasteiger partial charge in [-0.3, -0.25) is 0 Å². The summed E-state index contributed by atoms with van der Waals surface area (Å²) in [5.74, 6) is 1.73. The van der Waals surface area contributed by atoms with Crippen molar-refractivity contribution in [2.75, 3.05) is 7.11 Å². The lowest BCUT2D eigenvalue weighted by molar-refractivity contribution is -0.150. The van der Waals surface area contributed by atoms with Gasteiger partial charge < -0.3 is 14.6 Å². The number of nitrogens with zero attached hydrogens (tertiary/aromatic N) is 5. The maximum absolute atomic E-state index is 13.8. The fraction of sp³-hybridized carbons (Fsp3) is 0.414. The van der Waals surface area contributed by atoms with Crippen LogP contribution in [-0.4, -0.2) is 44.9 Å². The number of methoxy groups -OCH3 is 1. The molecule has 3 heterocycles. The Hall–Kier alpha value is -3.81. The minimum absolute atomic E-state index is 0.0428. The van der Waals surface area contributed by atoms with Crippen LogP contribution in [0.2, 0.25) is 0 Å². The topological polar surface area (TPSA) is 103 Å². The highest BCUT2D eigenvalue weighted by Gasteiger charge is 2.41. The summed E-state index contributed by atoms with van der Waals surface area (Å²) in [6.45, 7) is 16.3. The number of hydrogen-bond acceptors (Lipinski definition) is 8. The molecule has 0 spiro atoms. The summed E-state index contributed by atoms with van der Waals surface area (Å²) in [6, 6.07) is 9.22. The average molecular weight is 546 g/mol. The minimum Gasteiger partial charge on any atom is -0.496 e. The molecule has 1 aromatic carbocycles. The van der Waals surface area contributed by atoms with Crippen molar-refractivity contribution >= 4 is 33.7 Å². The number of fused-ring (bicyclic) bond motifs is 1. The molecule has 0 saturated heterocycles. The summed E-state index contributed by atoms with van der Waals surface area (Å²) >= 11 is 1.30. The number of allylic oxidation sites excluding steroid dienone is 1. The van der Waals surface area contributed by atoms with E-state index in [2.05, 4.69) is 30.6 Å². The fourth-order valence-corrected chi connectivity index (χ4v) is 6.41. The number of carbonyl (C=O) groups is 1. The molecule has 0 radical (unpaired) electrons. The molecule has 2 aromatic heterocycles. The van der Waals surface area contributed by atoms with Gasteiger partial charge >= 0.3 is 5.97 Å². The van der Waals surface area contributed by atoms with Crippen LogP contribution in [0, 0.1) is 31.2 Å². The molecule has 0 bridgehead atoms. The number of rotatable bonds is 6. The fourth-order valence-electron chi connectivity index (χ4n) is 5.67. The van der Waals surface area contributed by atoms with Gasteiger partial charge in [0.15, 0.2) is 17.5 Å². The van der Waals surface area contributed by atoms with Crippen LogP contribution >= 0.6 is 11.3 Å². The zero-order chi connectivity index (χ0) is 27.8. The van der Waals surface area contributed by atoms with Crippen molar-refractivity contribution in [1.29, 1.82) is 0 Å². The second kappa shape index (κ2) is 10.8. The van der Waals surface area contributed by atoms with Gasteiger partial charge in [-0.25, -0.2) is 24.3 Å². The maximum Gasteiger partial charge on any atom is 0.331 e. The SMILES string of the molecule is [C-]#[N+]C1=C(C(=O)OC2C(C)CC(C)CC2C)c2nc(-c3cc(C)ccc3OC)nn2C1=Nc1ccc(CO)s1. The van der Waals surface area contributed by atoms with Crippen molar-refractivity contribution in [2.45, 2.75) is 53.2 Å². The summed E-state index contributed by atoms with van der Waals surface area (Å²) in [6.07, 6.45) is 1.69. The number of carbonyl (C=O) groups excluding carboxylic acids is 1. The van der Waals surface area contributed by atoms with Gasteiger partial charge in [0.1, 0.15) is 22.4 Å². The third kappa shape index (κ3) is 5.00. The van der Waals surface area contributed by atoms with Crippen molar-refractivity contribution in [3.05, 3.63) is 63.7 Å². The summed E-state index contributed by atoms with van der Waals surface area (Å²) in [7, 11) is 1.58. The van der Waals surface area contributed by atoms with Gasteiger partial charge in [-0.05, 0) is 61.8 Å². The predicted molar refractivity (Wildman–Crippen MR) is 150 cm³/mol. The van der Waals surface area contributed by atoms with Crippen LogP contribution in [0.3, 0.4) is 0 Å². The molecule has 1 saturated carbocycles. The molecule has 1 aliphatic heterocycles. The number of aliphatic hydroxyl groups excluding tert-OH is 1. The van der Waals surface area contributed by atoms with E-state index in [9.17, 15) is 9.90 Å². The first-order valence-corrected chi connectivity index (χ1v) is 13.8. The Labute approximate surface area is 231 Å². The molecule has 1 fully saturated rings. The standard InChI is InChI=1S/C29H31N5O4S/c1-15-7-9-21(37-6)20(13-15)26-32-27-23(29(36)38-25-17(3)11-16(2)12-18(25)4)24(30-5)28(34(27)33-26)31-22-10-8-19(14-35)39-22/h7-10,13,16-18,25,35H,11-12,14H2,1-4,6H3. The maximum atomic E-state index is 13.8. The van der Waals surface area contributed by atoms with E-state index in [0.717, 1.165) is 23.3 Å². The van der Waals surface area contributed by atoms with E-state index in [-0.39, 0.29) is 47.5 Å². The van der Waals surface area contributed by atoms with Crippen molar-refractivity contribution < 1.29 is 19.4 Å². The van der Waals surface area contributed by atoms with Crippen LogP contribution in [0.15, 0.2) is 41.0 Å². The number of aliphatic hydroxyl groups is 1. The molecule has 3 aromatic rings. The number of aromatic nitrogens is 3. The summed E-state index contributed by atoms with van der Waals surface area (Å²) < 4.78 is 13.1. The largest absolute Gasteiger partial charge is 0.496 e. The Balaban J connectivity index is 1.63. The molecule has 2 atom stereocenters. The molecule has 10 heteroatoms. The third-order valence-electron chi connectivity index (χ3n) is 7.32. The van der Waals surface area contributed by atoms with Crippen LogP contribution in [0.25, 0.3) is 21.8 Å². The Morgan fingerprint density at radius 3 is 2.62 bits per heavy atom. The Kier molecular flexibility index (Phi) is 7.38. The predicted octanol–water partition coefficient (Wildman–Crippen LogP) is 5.65. The van der Waals surface area contributed by atoms with E-state index in [1.54, 1.807) is 19.2 Å². The second-order valence-electron chi connectivity index (χ2n) is 10.4. The second-order valence-corrected chi connectivity index (χ2v) is 11.6. The van der Waals surface area contributed by atoms with E-state index in [4.69, 9.17) is 26.1 Å². The molecule has 9 nitrogen and oxygen atoms in total. The van der Waals surface area contributed by atoms with Crippen LogP contribution in [-0.2, 0) is 16.1 Å². The highest BCUT2D eigenvalue weighted by Crippen LogP contribution is 2.39. The lowest BCUT2D eigenvalue weighted by atomic mass is 9.75. The average Bonchev–Trinajstić information content (AvgIpc) is 3.61. The van der Waals surface area contributed by atoms with Gasteiger partial charge in [-0.1, -0.05) is 32.4 Å². The molecule has 39 heavy (non-hydrogen) atoms. The van der Waals surface area contributed by atoms with Gasteiger partial charge in [-0.2, -0.15) is 0 Å². The number of benzene rings is 1. The third-order valence-corrected chi connectivity index (χ3v) is 8.29. The first-order valence-electron chi connectivity index (χ1n) is 13.0. The molecule has 2 unspecified atom stereocenters. The number of hydrogen-bond donors (Lipinski definition) is 1. The molecule has 2 aliphatic rings. The molecule has 202 valence electrons. The van der Waals surface area contributed by atoms with Crippen LogP contribution in [0.1, 0.15) is 49.9 Å². The highest BCUT2D eigenvalue weighted by molar-refractivity contribution is 7.15. The van der Waals surface area contributed by atoms with E-state index < -0.39 is 5.97 Å². The van der Waals surface area contributed by atoms with Gasteiger partial charge in [0, 0.05) is 4.88 Å². The van der Waals surface area contributed by atoms with Crippen molar-refractivity contribution in [1.82, 2.24) is 14.8 Å². The van der Waals surface area contributed by atoms with Crippen molar-refractivity contribution in [3.8, 4) is 17.1 Å². The Morgan fingerprint density at radius 1 is 1.23 bits per heavy atom. The molecule has 1 aliphatic carbocycles. The minimum atomic E-state index is -0.594. The van der Waals surface area contributed by atoms with Crippen molar-refractivity contribution in [2.24, 2.45) is 22.7 Å². The van der Waals surface area contributed by atoms with E-state index in [1.165, 1.54) is 16.0 Å². The number of esters is 1. The van der Waals surface area contributed by atoms with Crippen LogP contribution < -0.4 is 4.74 Å². The first-order chi connectivity index (χ1) is 18.7. The Morgan fingerprint density at radius 2 is 1.97 bits per heavy atom. The van der Waals surface area contributed by atoms with Gasteiger partial charge in [0.25, 0.3) is 0 Å². The van der Waals surface area contributed by atoms with Crippen LogP contribution in [0.5, 0.6) is 5.75 Å². The summed E-state index contributed by atoms with van der Waals surface area (Å²) in [4.78, 5) is 27.6. The number of thiophene rings is 1. The molecular formula is C29H31N5O4S. The van der Waals surface area contributed by atoms with E-state index in [1.807, 2.05) is 25.1 Å². The molecule has 5 rings (SSSR count). The highest BCUT2D eigenvalue weighted by atomic mass is 32.1. The number of aryl methyl sites for hydroxylation is 1. The molecule has 1 N–H and O–H groups in total. The van der Waals surface area contributed by atoms with Crippen molar-refractivity contribution in [3.63, 3.8) is 0 Å². The smallest absolute Gasteiger partial charge is 0.331 e. The van der Waals surface area contributed by atoms with Gasteiger partial charge in [-0.15, -0.1) is 16.4 Å². The lowest BCUT2D eigenvalue weighted by Crippen LogP contribution is -2.37. The zero-order valence-corrected chi connectivity index (χ0v) is 23.5. The molecule has 0 amide bonds. The quantitative estimate of drug-likeness (QED) is 0.317. The summed E-state index contributed by atoms with van der Waals surface area (Å²) in [5, 5.41) is 14.8. The summed E-state index contributed by atoms with van der Waals surface area (Å²) in [5.41, 5.74) is 1.77. The van der Waals surface area contributed by atoms with Gasteiger partial charge in [0.05, 0.1) is 25.9 Å². The van der Waals surface area contributed by atoms with Gasteiger partial charge in [0.2, 0.25) is 5.70 Å². The number of aliphatic imine (C=N–C) groups is 1. The van der Waals surface area contributed by atoms with E-state index in [0.29, 0.717) is 28.1 Å². The number of ether oxygens (including phenoxy) is 2. The first kappa shape index (κ1) is 26.8. The van der Waals surface area contributed by atoms with E-state index >= 15 is 0 Å². The molecular weight excluding hydrogens is 514 g/mol. The monoisotopic (exact) mass is 545 g/mol. The van der Waals surface area contributed by atoms with Crippen LogP contribution in [0.4, 0.5) is 5.00 Å². The normalized spacial score (nSPS) is 23.6. The Bertz CT molecular complexity index is 1520. The zero-order valence-electron chi connectivity index (χ0n) is 22.6.